The summed E-state index contributed by atoms with van der Waals surface area (Å²) in [5, 5.41) is 0. The molecule has 104 valence electrons. The van der Waals surface area contributed by atoms with Gasteiger partial charge in [0.05, 0.1) is 12.7 Å². The van der Waals surface area contributed by atoms with Crippen molar-refractivity contribution in [1.82, 2.24) is 0 Å². The van der Waals surface area contributed by atoms with Crippen molar-refractivity contribution in [2.45, 2.75) is 6.92 Å². The topological polar surface area (TPSA) is 26.3 Å². The van der Waals surface area contributed by atoms with E-state index >= 15 is 0 Å². The maximum atomic E-state index is 13.6. The third-order valence-electron chi connectivity index (χ3n) is 2.92. The highest BCUT2D eigenvalue weighted by molar-refractivity contribution is 6.09. The van der Waals surface area contributed by atoms with Gasteiger partial charge in [-0.15, -0.1) is 0 Å². The average Bonchev–Trinajstić information content (AvgIpc) is 2.42. The zero-order valence-electron chi connectivity index (χ0n) is 10.8. The first kappa shape index (κ1) is 14.1. The van der Waals surface area contributed by atoms with Crippen LogP contribution >= 0.6 is 0 Å². The van der Waals surface area contributed by atoms with Gasteiger partial charge in [0.15, 0.2) is 17.4 Å². The standard InChI is InChI=1S/C15H11F3O2/c1-8-3-4-9(5-14(8)20-2)15(19)10-6-12(17)13(18)7-11(10)16/h3-7H,1-2H3. The van der Waals surface area contributed by atoms with Crippen LogP contribution in [-0.4, -0.2) is 12.9 Å². The van der Waals surface area contributed by atoms with Crippen molar-refractivity contribution in [2.24, 2.45) is 0 Å². The number of aryl methyl sites for hydroxylation is 1. The molecule has 0 heterocycles. The molecule has 0 N–H and O–H groups in total. The zero-order valence-corrected chi connectivity index (χ0v) is 10.8. The number of benzene rings is 2. The molecule has 2 nitrogen and oxygen atoms in total. The Morgan fingerprint density at radius 1 is 1.00 bits per heavy atom. The lowest BCUT2D eigenvalue weighted by atomic mass is 10.0. The Balaban J connectivity index is 2.49. The molecule has 0 spiro atoms. The molecule has 5 heteroatoms. The fourth-order valence-corrected chi connectivity index (χ4v) is 1.81. The van der Waals surface area contributed by atoms with Crippen LogP contribution in [0, 0.1) is 24.4 Å². The lowest BCUT2D eigenvalue weighted by Crippen LogP contribution is -2.06. The molecule has 2 rings (SSSR count). The average molecular weight is 280 g/mol. The van der Waals surface area contributed by atoms with E-state index in [1.54, 1.807) is 13.0 Å². The van der Waals surface area contributed by atoms with Gasteiger partial charge in [-0.25, -0.2) is 13.2 Å². The number of carbonyl (C=O) groups excluding carboxylic acids is 1. The third kappa shape index (κ3) is 2.52. The summed E-state index contributed by atoms with van der Waals surface area (Å²) < 4.78 is 44.6. The fourth-order valence-electron chi connectivity index (χ4n) is 1.81. The summed E-state index contributed by atoms with van der Waals surface area (Å²) in [6.07, 6.45) is 0. The number of ether oxygens (including phenoxy) is 1. The molecule has 0 aliphatic rings. The second-order valence-electron chi connectivity index (χ2n) is 4.26. The Morgan fingerprint density at radius 2 is 1.65 bits per heavy atom. The van der Waals surface area contributed by atoms with Gasteiger partial charge in [-0.1, -0.05) is 12.1 Å². The highest BCUT2D eigenvalue weighted by Crippen LogP contribution is 2.23. The predicted octanol–water partition coefficient (Wildman–Crippen LogP) is 3.65. The second kappa shape index (κ2) is 5.36. The number of hydrogen-bond donors (Lipinski definition) is 0. The van der Waals surface area contributed by atoms with Crippen LogP contribution in [0.3, 0.4) is 0 Å². The molecule has 20 heavy (non-hydrogen) atoms. The summed E-state index contributed by atoms with van der Waals surface area (Å²) in [6, 6.07) is 5.44. The van der Waals surface area contributed by atoms with Gasteiger partial charge in [0.1, 0.15) is 11.6 Å². The number of carbonyl (C=O) groups is 1. The van der Waals surface area contributed by atoms with Gasteiger partial charge >= 0.3 is 0 Å². The summed E-state index contributed by atoms with van der Waals surface area (Å²) in [6.45, 7) is 1.78. The van der Waals surface area contributed by atoms with Gasteiger partial charge in [0.25, 0.3) is 0 Å². The normalized spacial score (nSPS) is 10.4. The smallest absolute Gasteiger partial charge is 0.196 e. The van der Waals surface area contributed by atoms with Crippen LogP contribution in [0.5, 0.6) is 5.75 Å². The lowest BCUT2D eigenvalue weighted by Gasteiger charge is -2.08. The summed E-state index contributed by atoms with van der Waals surface area (Å²) in [7, 11) is 1.44. The van der Waals surface area contributed by atoms with Gasteiger partial charge in [-0.3, -0.25) is 4.79 Å². The molecular weight excluding hydrogens is 269 g/mol. The summed E-state index contributed by atoms with van der Waals surface area (Å²) >= 11 is 0. The Morgan fingerprint density at radius 3 is 2.30 bits per heavy atom. The van der Waals surface area contributed by atoms with Crippen molar-refractivity contribution in [2.75, 3.05) is 7.11 Å². The Labute approximate surface area is 113 Å². The fraction of sp³-hybridized carbons (Fsp3) is 0.133. The molecule has 0 saturated heterocycles. The highest BCUT2D eigenvalue weighted by atomic mass is 19.2. The predicted molar refractivity (Wildman–Crippen MR) is 67.5 cm³/mol. The molecule has 0 aliphatic carbocycles. The van der Waals surface area contributed by atoms with E-state index in [0.29, 0.717) is 17.9 Å². The third-order valence-corrected chi connectivity index (χ3v) is 2.92. The van der Waals surface area contributed by atoms with E-state index in [9.17, 15) is 18.0 Å². The van der Waals surface area contributed by atoms with E-state index in [1.165, 1.54) is 19.2 Å². The van der Waals surface area contributed by atoms with Crippen LogP contribution in [0.4, 0.5) is 13.2 Å². The van der Waals surface area contributed by atoms with Crippen LogP contribution in [0.1, 0.15) is 21.5 Å². The molecule has 2 aromatic carbocycles. The summed E-state index contributed by atoms with van der Waals surface area (Å²) in [5.74, 6) is -3.98. The number of methoxy groups -OCH3 is 1. The van der Waals surface area contributed by atoms with Crippen LogP contribution < -0.4 is 4.74 Å². The van der Waals surface area contributed by atoms with Crippen molar-refractivity contribution >= 4 is 5.78 Å². The van der Waals surface area contributed by atoms with E-state index in [2.05, 4.69) is 0 Å². The van der Waals surface area contributed by atoms with E-state index in [0.717, 1.165) is 5.56 Å². The minimum atomic E-state index is -1.33. The Bertz CT molecular complexity index is 681. The van der Waals surface area contributed by atoms with Crippen molar-refractivity contribution in [1.29, 1.82) is 0 Å². The Hall–Kier alpha value is -2.30. The molecule has 0 aliphatic heterocycles. The first-order valence-corrected chi connectivity index (χ1v) is 5.78. The number of hydrogen-bond acceptors (Lipinski definition) is 2. The van der Waals surface area contributed by atoms with Crippen molar-refractivity contribution < 1.29 is 22.7 Å². The minimum Gasteiger partial charge on any atom is -0.496 e. The summed E-state index contributed by atoms with van der Waals surface area (Å²) in [4.78, 5) is 12.1. The molecule has 0 radical (unpaired) electrons. The molecule has 0 amide bonds. The van der Waals surface area contributed by atoms with Gasteiger partial charge < -0.3 is 4.74 Å². The summed E-state index contributed by atoms with van der Waals surface area (Å²) in [5.41, 5.74) is 0.418. The monoisotopic (exact) mass is 280 g/mol. The van der Waals surface area contributed by atoms with Crippen LogP contribution in [-0.2, 0) is 0 Å². The highest BCUT2D eigenvalue weighted by Gasteiger charge is 2.18. The molecule has 0 saturated carbocycles. The largest absolute Gasteiger partial charge is 0.496 e. The molecule has 2 aromatic rings. The number of ketones is 1. The first-order chi connectivity index (χ1) is 9.43. The molecule has 0 unspecified atom stereocenters. The van der Waals surface area contributed by atoms with Gasteiger partial charge in [0, 0.05) is 11.6 Å². The molecule has 0 aromatic heterocycles. The van der Waals surface area contributed by atoms with Gasteiger partial charge in [0.2, 0.25) is 0 Å². The van der Waals surface area contributed by atoms with E-state index in [1.807, 2.05) is 0 Å². The van der Waals surface area contributed by atoms with E-state index in [4.69, 9.17) is 4.74 Å². The van der Waals surface area contributed by atoms with Crippen molar-refractivity contribution in [3.05, 3.63) is 64.5 Å². The first-order valence-electron chi connectivity index (χ1n) is 5.78. The Kier molecular flexibility index (Phi) is 3.79. The second-order valence-corrected chi connectivity index (χ2v) is 4.26. The number of rotatable bonds is 3. The van der Waals surface area contributed by atoms with Crippen LogP contribution in [0.2, 0.25) is 0 Å². The van der Waals surface area contributed by atoms with Gasteiger partial charge in [-0.05, 0) is 24.6 Å². The van der Waals surface area contributed by atoms with E-state index in [-0.39, 0.29) is 5.56 Å². The lowest BCUT2D eigenvalue weighted by molar-refractivity contribution is 0.103. The van der Waals surface area contributed by atoms with Crippen molar-refractivity contribution in [3.8, 4) is 5.75 Å². The quantitative estimate of drug-likeness (QED) is 0.633. The molecule has 0 bridgehead atoms. The van der Waals surface area contributed by atoms with Crippen LogP contribution in [0.25, 0.3) is 0 Å². The van der Waals surface area contributed by atoms with Gasteiger partial charge in [-0.2, -0.15) is 0 Å². The van der Waals surface area contributed by atoms with E-state index < -0.39 is 28.8 Å². The number of halogens is 3. The minimum absolute atomic E-state index is 0.136. The zero-order chi connectivity index (χ0) is 14.9. The molecule has 0 fully saturated rings. The SMILES string of the molecule is COc1cc(C(=O)c2cc(F)c(F)cc2F)ccc1C. The van der Waals surface area contributed by atoms with Crippen LogP contribution in [0.15, 0.2) is 30.3 Å². The maximum absolute atomic E-state index is 13.6. The molecular formula is C15H11F3O2. The maximum Gasteiger partial charge on any atom is 0.196 e. The molecule has 0 atom stereocenters. The van der Waals surface area contributed by atoms with Crippen molar-refractivity contribution in [3.63, 3.8) is 0 Å².